The molecule has 0 aliphatic carbocycles. The number of hydrogen-bond donors (Lipinski definition) is 1. The number of halogens is 3. The van der Waals surface area contributed by atoms with E-state index in [4.69, 9.17) is 0 Å². The van der Waals surface area contributed by atoms with E-state index in [1.165, 1.54) is 12.1 Å². The standard InChI is InChI=1S/C19H17BrF2N2O2/c20-16-3-1-2-4-17(16)24-11-13(9-18(24)25)19(26)23-6-5-12-7-14(21)10-15(22)8-12/h1-4,7-8,10,13H,5-6,9,11H2,(H,23,26). The first-order chi connectivity index (χ1) is 12.4. The molecule has 1 saturated heterocycles. The van der Waals surface area contributed by atoms with Gasteiger partial charge in [0.2, 0.25) is 11.8 Å². The summed E-state index contributed by atoms with van der Waals surface area (Å²) in [6, 6.07) is 10.6. The molecule has 1 atom stereocenters. The van der Waals surface area contributed by atoms with Crippen molar-refractivity contribution in [3.63, 3.8) is 0 Å². The maximum atomic E-state index is 13.2. The van der Waals surface area contributed by atoms with Gasteiger partial charge in [0, 0.05) is 30.0 Å². The molecule has 1 N–H and O–H groups in total. The predicted octanol–water partition coefficient (Wildman–Crippen LogP) is 3.44. The summed E-state index contributed by atoms with van der Waals surface area (Å²) in [5.74, 6) is -2.07. The van der Waals surface area contributed by atoms with E-state index in [0.29, 0.717) is 18.5 Å². The fraction of sp³-hybridized carbons (Fsp3) is 0.263. The highest BCUT2D eigenvalue weighted by Gasteiger charge is 2.35. The Bertz CT molecular complexity index is 824. The average molecular weight is 423 g/mol. The van der Waals surface area contributed by atoms with Crippen molar-refractivity contribution in [1.29, 1.82) is 0 Å². The molecule has 0 spiro atoms. The lowest BCUT2D eigenvalue weighted by Crippen LogP contribution is -2.34. The number of hydrogen-bond acceptors (Lipinski definition) is 2. The molecule has 2 aromatic carbocycles. The van der Waals surface area contributed by atoms with Crippen LogP contribution in [0.15, 0.2) is 46.9 Å². The Morgan fingerprint density at radius 3 is 2.58 bits per heavy atom. The van der Waals surface area contributed by atoms with Gasteiger partial charge in [-0.15, -0.1) is 0 Å². The number of amides is 2. The predicted molar refractivity (Wildman–Crippen MR) is 97.7 cm³/mol. The van der Waals surface area contributed by atoms with Crippen LogP contribution in [0, 0.1) is 17.6 Å². The maximum Gasteiger partial charge on any atom is 0.227 e. The van der Waals surface area contributed by atoms with Crippen LogP contribution in [-0.4, -0.2) is 24.9 Å². The smallest absolute Gasteiger partial charge is 0.227 e. The Morgan fingerprint density at radius 2 is 1.88 bits per heavy atom. The third-order valence-corrected chi connectivity index (χ3v) is 4.94. The fourth-order valence-electron chi connectivity index (χ4n) is 3.02. The largest absolute Gasteiger partial charge is 0.355 e. The second-order valence-corrected chi connectivity index (χ2v) is 7.03. The van der Waals surface area contributed by atoms with Crippen molar-refractivity contribution in [2.24, 2.45) is 5.92 Å². The van der Waals surface area contributed by atoms with Crippen LogP contribution in [0.4, 0.5) is 14.5 Å². The van der Waals surface area contributed by atoms with Gasteiger partial charge in [-0.1, -0.05) is 12.1 Å². The SMILES string of the molecule is O=C(NCCc1cc(F)cc(F)c1)C1CC(=O)N(c2ccccc2Br)C1. The van der Waals surface area contributed by atoms with E-state index in [1.807, 2.05) is 24.3 Å². The van der Waals surface area contributed by atoms with Crippen molar-refractivity contribution >= 4 is 33.4 Å². The molecule has 2 aromatic rings. The lowest BCUT2D eigenvalue weighted by Gasteiger charge is -2.18. The van der Waals surface area contributed by atoms with Crippen molar-refractivity contribution in [2.45, 2.75) is 12.8 Å². The summed E-state index contributed by atoms with van der Waals surface area (Å²) in [4.78, 5) is 26.2. The van der Waals surface area contributed by atoms with Gasteiger partial charge in [0.25, 0.3) is 0 Å². The molecule has 7 heteroatoms. The number of anilines is 1. The van der Waals surface area contributed by atoms with Crippen LogP contribution in [-0.2, 0) is 16.0 Å². The molecule has 136 valence electrons. The van der Waals surface area contributed by atoms with E-state index in [0.717, 1.165) is 16.2 Å². The normalized spacial score (nSPS) is 16.8. The minimum absolute atomic E-state index is 0.107. The maximum absolute atomic E-state index is 13.2. The van der Waals surface area contributed by atoms with Crippen LogP contribution in [0.25, 0.3) is 0 Å². The molecule has 0 radical (unpaired) electrons. The van der Waals surface area contributed by atoms with Crippen molar-refractivity contribution in [1.82, 2.24) is 5.32 Å². The van der Waals surface area contributed by atoms with Gasteiger partial charge in [-0.05, 0) is 52.2 Å². The zero-order chi connectivity index (χ0) is 18.7. The Labute approximate surface area is 158 Å². The number of carbonyl (C=O) groups excluding carboxylic acids is 2. The van der Waals surface area contributed by atoms with Gasteiger partial charge in [-0.25, -0.2) is 8.78 Å². The van der Waals surface area contributed by atoms with Gasteiger partial charge < -0.3 is 10.2 Å². The minimum Gasteiger partial charge on any atom is -0.355 e. The summed E-state index contributed by atoms with van der Waals surface area (Å²) >= 11 is 3.41. The highest BCUT2D eigenvalue weighted by atomic mass is 79.9. The molecule has 1 unspecified atom stereocenters. The molecule has 2 amide bonds. The van der Waals surface area contributed by atoms with Gasteiger partial charge in [0.15, 0.2) is 0 Å². The van der Waals surface area contributed by atoms with Gasteiger partial charge in [-0.3, -0.25) is 9.59 Å². The quantitative estimate of drug-likeness (QED) is 0.801. The Kier molecular flexibility index (Phi) is 5.66. The van der Waals surface area contributed by atoms with E-state index in [9.17, 15) is 18.4 Å². The molecular formula is C19H17BrF2N2O2. The highest BCUT2D eigenvalue weighted by Crippen LogP contribution is 2.31. The number of para-hydroxylation sites is 1. The summed E-state index contributed by atoms with van der Waals surface area (Å²) in [5.41, 5.74) is 1.21. The number of benzene rings is 2. The van der Waals surface area contributed by atoms with Crippen LogP contribution < -0.4 is 10.2 Å². The zero-order valence-electron chi connectivity index (χ0n) is 13.8. The monoisotopic (exact) mass is 422 g/mol. The van der Waals surface area contributed by atoms with Crippen LogP contribution >= 0.6 is 15.9 Å². The second kappa shape index (κ2) is 7.95. The van der Waals surface area contributed by atoms with Crippen LogP contribution in [0.3, 0.4) is 0 Å². The van der Waals surface area contributed by atoms with Gasteiger partial charge in [-0.2, -0.15) is 0 Å². The van der Waals surface area contributed by atoms with Crippen molar-refractivity contribution in [2.75, 3.05) is 18.0 Å². The summed E-state index contributed by atoms with van der Waals surface area (Å²) in [5, 5.41) is 2.74. The number of nitrogens with zero attached hydrogens (tertiary/aromatic N) is 1. The lowest BCUT2D eigenvalue weighted by molar-refractivity contribution is -0.126. The Morgan fingerprint density at radius 1 is 1.19 bits per heavy atom. The molecule has 0 bridgehead atoms. The number of rotatable bonds is 5. The van der Waals surface area contributed by atoms with Crippen LogP contribution in [0.1, 0.15) is 12.0 Å². The van der Waals surface area contributed by atoms with Gasteiger partial charge in [0.1, 0.15) is 11.6 Å². The van der Waals surface area contributed by atoms with E-state index in [-0.39, 0.29) is 24.8 Å². The van der Waals surface area contributed by atoms with Gasteiger partial charge >= 0.3 is 0 Å². The topological polar surface area (TPSA) is 49.4 Å². The molecule has 4 nitrogen and oxygen atoms in total. The summed E-state index contributed by atoms with van der Waals surface area (Å²) in [7, 11) is 0. The third-order valence-electron chi connectivity index (χ3n) is 4.27. The summed E-state index contributed by atoms with van der Waals surface area (Å²) in [6.45, 7) is 0.559. The first-order valence-electron chi connectivity index (χ1n) is 8.21. The fourth-order valence-corrected chi connectivity index (χ4v) is 3.52. The number of nitrogens with one attached hydrogen (secondary N) is 1. The van der Waals surface area contributed by atoms with E-state index in [1.54, 1.807) is 4.90 Å². The zero-order valence-corrected chi connectivity index (χ0v) is 15.4. The van der Waals surface area contributed by atoms with Crippen LogP contribution in [0.2, 0.25) is 0 Å². The molecule has 1 aliphatic rings. The van der Waals surface area contributed by atoms with Crippen molar-refractivity contribution in [3.05, 3.63) is 64.1 Å². The van der Waals surface area contributed by atoms with E-state index < -0.39 is 17.6 Å². The van der Waals surface area contributed by atoms with E-state index in [2.05, 4.69) is 21.2 Å². The molecule has 1 heterocycles. The van der Waals surface area contributed by atoms with E-state index >= 15 is 0 Å². The van der Waals surface area contributed by atoms with Gasteiger partial charge in [0.05, 0.1) is 11.6 Å². The number of carbonyl (C=O) groups is 2. The Hall–Kier alpha value is -2.28. The molecule has 1 aliphatic heterocycles. The summed E-state index contributed by atoms with van der Waals surface area (Å²) in [6.07, 6.45) is 0.455. The molecule has 1 fully saturated rings. The van der Waals surface area contributed by atoms with Crippen LogP contribution in [0.5, 0.6) is 0 Å². The molecule has 26 heavy (non-hydrogen) atoms. The molecule has 0 saturated carbocycles. The second-order valence-electron chi connectivity index (χ2n) is 6.18. The lowest BCUT2D eigenvalue weighted by atomic mass is 10.1. The summed E-state index contributed by atoms with van der Waals surface area (Å²) < 4.78 is 27.1. The third kappa shape index (κ3) is 4.27. The molecular weight excluding hydrogens is 406 g/mol. The highest BCUT2D eigenvalue weighted by molar-refractivity contribution is 9.10. The molecule has 3 rings (SSSR count). The van der Waals surface area contributed by atoms with Crippen molar-refractivity contribution in [3.8, 4) is 0 Å². The Balaban J connectivity index is 1.56. The average Bonchev–Trinajstić information content (AvgIpc) is 2.96. The van der Waals surface area contributed by atoms with Crippen molar-refractivity contribution < 1.29 is 18.4 Å². The first-order valence-corrected chi connectivity index (χ1v) is 9.01. The molecule has 0 aromatic heterocycles. The first kappa shape index (κ1) is 18.5. The minimum atomic E-state index is -0.642.